The summed E-state index contributed by atoms with van der Waals surface area (Å²) in [5.74, 6) is -0.564. The normalized spacial score (nSPS) is 26.1. The van der Waals surface area contributed by atoms with Gasteiger partial charge in [0, 0.05) is 26.2 Å². The second kappa shape index (κ2) is 7.72. The number of hydrogen-bond acceptors (Lipinski definition) is 5. The Morgan fingerprint density at radius 3 is 2.08 bits per heavy atom. The van der Waals surface area contributed by atoms with Crippen LogP contribution in [-0.4, -0.2) is 72.8 Å². The molecule has 3 unspecified atom stereocenters. The number of rotatable bonds is 3. The Morgan fingerprint density at radius 2 is 1.65 bits per heavy atom. The van der Waals surface area contributed by atoms with E-state index >= 15 is 0 Å². The minimum Gasteiger partial charge on any atom is -0.467 e. The SMILES string of the molecule is COC(=O)C(NC(=O)OC(C)(C)C)C1CC2CCC(C1)N2C(=O)N(C)C. The minimum atomic E-state index is -0.769. The van der Waals surface area contributed by atoms with E-state index in [1.165, 1.54) is 7.11 Å². The van der Waals surface area contributed by atoms with Gasteiger partial charge in [-0.15, -0.1) is 0 Å². The van der Waals surface area contributed by atoms with Crippen LogP contribution in [0.2, 0.25) is 0 Å². The number of amides is 3. The topological polar surface area (TPSA) is 88.2 Å². The summed E-state index contributed by atoms with van der Waals surface area (Å²) in [6, 6.07) is -0.595. The standard InChI is InChI=1S/C18H31N3O5/c1-18(2,3)26-16(23)19-14(15(22)25-6)11-9-12-7-8-13(10-11)21(12)17(24)20(4)5/h11-14H,7-10H2,1-6H3,(H,19,23). The zero-order valence-corrected chi connectivity index (χ0v) is 16.6. The third kappa shape index (κ3) is 4.59. The van der Waals surface area contributed by atoms with Crippen LogP contribution in [0.3, 0.4) is 0 Å². The first kappa shape index (κ1) is 20.3. The number of alkyl carbamates (subject to hydrolysis) is 1. The largest absolute Gasteiger partial charge is 0.467 e. The van der Waals surface area contributed by atoms with E-state index in [4.69, 9.17) is 9.47 Å². The van der Waals surface area contributed by atoms with Crippen molar-refractivity contribution in [2.45, 2.75) is 70.2 Å². The van der Waals surface area contributed by atoms with Crippen LogP contribution in [0.4, 0.5) is 9.59 Å². The van der Waals surface area contributed by atoms with Gasteiger partial charge < -0.3 is 24.6 Å². The van der Waals surface area contributed by atoms with Crippen LogP contribution >= 0.6 is 0 Å². The molecule has 2 aliphatic heterocycles. The van der Waals surface area contributed by atoms with Gasteiger partial charge in [-0.3, -0.25) is 0 Å². The lowest BCUT2D eigenvalue weighted by molar-refractivity contribution is -0.145. The number of nitrogens with zero attached hydrogens (tertiary/aromatic N) is 2. The first-order valence-corrected chi connectivity index (χ1v) is 9.10. The van der Waals surface area contributed by atoms with Crippen molar-refractivity contribution in [3.63, 3.8) is 0 Å². The molecular formula is C18H31N3O5. The van der Waals surface area contributed by atoms with Gasteiger partial charge in [0.05, 0.1) is 7.11 Å². The maximum absolute atomic E-state index is 12.4. The van der Waals surface area contributed by atoms with Crippen molar-refractivity contribution >= 4 is 18.1 Å². The number of esters is 1. The molecule has 0 aromatic carbocycles. The predicted molar refractivity (Wildman–Crippen MR) is 95.6 cm³/mol. The highest BCUT2D eigenvalue weighted by molar-refractivity contribution is 5.82. The third-order valence-electron chi connectivity index (χ3n) is 4.97. The van der Waals surface area contributed by atoms with Crippen molar-refractivity contribution in [2.75, 3.05) is 21.2 Å². The molecule has 2 fully saturated rings. The Kier molecular flexibility index (Phi) is 6.03. The lowest BCUT2D eigenvalue weighted by Crippen LogP contribution is -2.56. The molecule has 0 spiro atoms. The van der Waals surface area contributed by atoms with Crippen LogP contribution in [0.15, 0.2) is 0 Å². The number of carbonyl (C=O) groups is 3. The molecule has 0 saturated carbocycles. The summed E-state index contributed by atoms with van der Waals surface area (Å²) >= 11 is 0. The molecule has 0 aromatic rings. The fourth-order valence-corrected chi connectivity index (χ4v) is 3.97. The first-order valence-electron chi connectivity index (χ1n) is 9.10. The first-order chi connectivity index (χ1) is 12.0. The van der Waals surface area contributed by atoms with Crippen molar-refractivity contribution in [1.82, 2.24) is 15.1 Å². The van der Waals surface area contributed by atoms with Gasteiger partial charge in [-0.2, -0.15) is 0 Å². The second-order valence-corrected chi connectivity index (χ2v) is 8.35. The van der Waals surface area contributed by atoms with Crippen LogP contribution < -0.4 is 5.32 Å². The molecule has 2 heterocycles. The van der Waals surface area contributed by atoms with Gasteiger partial charge in [0.25, 0.3) is 0 Å². The smallest absolute Gasteiger partial charge is 0.408 e. The number of ether oxygens (including phenoxy) is 2. The highest BCUT2D eigenvalue weighted by atomic mass is 16.6. The molecule has 26 heavy (non-hydrogen) atoms. The van der Waals surface area contributed by atoms with E-state index in [1.54, 1.807) is 39.8 Å². The average Bonchev–Trinajstić information content (AvgIpc) is 2.79. The molecule has 2 bridgehead atoms. The Balaban J connectivity index is 2.10. The molecule has 0 aromatic heterocycles. The predicted octanol–water partition coefficient (Wildman–Crippen LogP) is 1.98. The Hall–Kier alpha value is -1.99. The van der Waals surface area contributed by atoms with Gasteiger partial charge in [-0.05, 0) is 52.4 Å². The zero-order chi connectivity index (χ0) is 19.6. The number of nitrogens with one attached hydrogen (secondary N) is 1. The van der Waals surface area contributed by atoms with E-state index in [0.29, 0.717) is 12.8 Å². The summed E-state index contributed by atoms with van der Waals surface area (Å²) in [5, 5.41) is 2.68. The van der Waals surface area contributed by atoms with Gasteiger partial charge in [0.15, 0.2) is 0 Å². The number of methoxy groups -OCH3 is 1. The number of hydrogen-bond donors (Lipinski definition) is 1. The zero-order valence-electron chi connectivity index (χ0n) is 16.6. The summed E-state index contributed by atoms with van der Waals surface area (Å²) in [6.07, 6.45) is 2.52. The Bertz CT molecular complexity index is 544. The van der Waals surface area contributed by atoms with Crippen molar-refractivity contribution in [3.05, 3.63) is 0 Å². The molecule has 1 N–H and O–H groups in total. The Labute approximate surface area is 155 Å². The summed E-state index contributed by atoms with van der Waals surface area (Å²) < 4.78 is 10.2. The van der Waals surface area contributed by atoms with Gasteiger partial charge in [0.2, 0.25) is 0 Å². The van der Waals surface area contributed by atoms with Crippen molar-refractivity contribution in [2.24, 2.45) is 5.92 Å². The van der Waals surface area contributed by atoms with E-state index in [9.17, 15) is 14.4 Å². The minimum absolute atomic E-state index is 0.00525. The summed E-state index contributed by atoms with van der Waals surface area (Å²) in [4.78, 5) is 40.4. The fourth-order valence-electron chi connectivity index (χ4n) is 3.97. The lowest BCUT2D eigenvalue weighted by Gasteiger charge is -2.42. The van der Waals surface area contributed by atoms with Crippen LogP contribution in [0, 0.1) is 5.92 Å². The average molecular weight is 369 g/mol. The second-order valence-electron chi connectivity index (χ2n) is 8.35. The van der Waals surface area contributed by atoms with E-state index < -0.39 is 23.7 Å². The van der Waals surface area contributed by atoms with Gasteiger partial charge in [-0.1, -0.05) is 0 Å². The van der Waals surface area contributed by atoms with Crippen LogP contribution in [0.25, 0.3) is 0 Å². The number of carbonyl (C=O) groups excluding carboxylic acids is 3. The van der Waals surface area contributed by atoms with E-state index in [1.807, 2.05) is 4.90 Å². The lowest BCUT2D eigenvalue weighted by atomic mass is 9.85. The molecule has 0 aliphatic carbocycles. The monoisotopic (exact) mass is 369 g/mol. The molecule has 8 heteroatoms. The number of fused-ring (bicyclic) bond motifs is 2. The maximum Gasteiger partial charge on any atom is 0.408 e. The fraction of sp³-hybridized carbons (Fsp3) is 0.833. The summed E-state index contributed by atoms with van der Waals surface area (Å²) in [5.41, 5.74) is -0.648. The molecule has 2 saturated heterocycles. The maximum atomic E-state index is 12.4. The van der Waals surface area contributed by atoms with E-state index in [0.717, 1.165) is 12.8 Å². The molecular weight excluding hydrogens is 338 g/mol. The quantitative estimate of drug-likeness (QED) is 0.769. The molecule has 148 valence electrons. The van der Waals surface area contributed by atoms with Crippen LogP contribution in [0.5, 0.6) is 0 Å². The van der Waals surface area contributed by atoms with Crippen LogP contribution in [-0.2, 0) is 14.3 Å². The van der Waals surface area contributed by atoms with Gasteiger partial charge >= 0.3 is 18.1 Å². The molecule has 0 radical (unpaired) electrons. The van der Waals surface area contributed by atoms with Gasteiger partial charge in [0.1, 0.15) is 11.6 Å². The third-order valence-corrected chi connectivity index (χ3v) is 4.97. The number of piperidine rings is 1. The van der Waals surface area contributed by atoms with Gasteiger partial charge in [-0.25, -0.2) is 14.4 Å². The molecule has 2 rings (SSSR count). The van der Waals surface area contributed by atoms with Crippen molar-refractivity contribution in [1.29, 1.82) is 0 Å². The molecule has 3 amide bonds. The highest BCUT2D eigenvalue weighted by Crippen LogP contribution is 2.40. The summed E-state index contributed by atoms with van der Waals surface area (Å²) in [6.45, 7) is 5.31. The van der Waals surface area contributed by atoms with Crippen LogP contribution in [0.1, 0.15) is 46.5 Å². The van der Waals surface area contributed by atoms with E-state index in [2.05, 4.69) is 5.32 Å². The molecule has 2 aliphatic rings. The van der Waals surface area contributed by atoms with Crippen molar-refractivity contribution in [3.8, 4) is 0 Å². The molecule has 3 atom stereocenters. The number of urea groups is 1. The Morgan fingerprint density at radius 1 is 1.12 bits per heavy atom. The molecule has 8 nitrogen and oxygen atoms in total. The van der Waals surface area contributed by atoms with Crippen molar-refractivity contribution < 1.29 is 23.9 Å². The summed E-state index contributed by atoms with van der Waals surface area (Å²) in [7, 11) is 4.80. The highest BCUT2D eigenvalue weighted by Gasteiger charge is 2.47. The van der Waals surface area contributed by atoms with E-state index in [-0.39, 0.29) is 24.0 Å².